The fourth-order valence-corrected chi connectivity index (χ4v) is 2.91. The average Bonchev–Trinajstić information content (AvgIpc) is 2.32. The fourth-order valence-electron chi connectivity index (χ4n) is 1.88. The highest BCUT2D eigenvalue weighted by molar-refractivity contribution is 7.88. The molecule has 0 spiro atoms. The fraction of sp³-hybridized carbons (Fsp3) is 0.786. The van der Waals surface area contributed by atoms with E-state index in [0.29, 0.717) is 18.5 Å². The minimum absolute atomic E-state index is 0.226. The summed E-state index contributed by atoms with van der Waals surface area (Å²) in [5, 5.41) is 10.1. The maximum absolute atomic E-state index is 11.8. The summed E-state index contributed by atoms with van der Waals surface area (Å²) >= 11 is 0. The quantitative estimate of drug-likeness (QED) is 0.651. The molecule has 0 aliphatic rings. The number of carbonyl (C=O) groups excluding carboxylic acids is 1. The van der Waals surface area contributed by atoms with E-state index in [4.69, 9.17) is 4.74 Å². The predicted molar refractivity (Wildman–Crippen MR) is 82.0 cm³/mol. The molecule has 21 heavy (non-hydrogen) atoms. The van der Waals surface area contributed by atoms with Gasteiger partial charge in [0.1, 0.15) is 0 Å². The molecule has 1 unspecified atom stereocenters. The number of aliphatic hydroxyl groups is 1. The van der Waals surface area contributed by atoms with Crippen molar-refractivity contribution >= 4 is 16.0 Å². The van der Waals surface area contributed by atoms with Crippen molar-refractivity contribution in [1.82, 2.24) is 4.31 Å². The van der Waals surface area contributed by atoms with Crippen molar-refractivity contribution < 1.29 is 23.1 Å². The van der Waals surface area contributed by atoms with Gasteiger partial charge in [0.15, 0.2) is 0 Å². The van der Waals surface area contributed by atoms with Crippen LogP contribution in [-0.2, 0) is 19.6 Å². The number of sulfonamides is 1. The van der Waals surface area contributed by atoms with E-state index in [0.717, 1.165) is 6.26 Å². The Morgan fingerprint density at radius 1 is 1.43 bits per heavy atom. The standard InChI is InChI=1S/C14H27NO5S/c1-7-20-13(17)14(4,5)12(16)9-8-10-15(11(2)3)21(6,18)19/h12,16H,2,7-10H2,1,3-6H3. The van der Waals surface area contributed by atoms with Crippen LogP contribution in [0.1, 0.15) is 40.5 Å². The molecule has 6 nitrogen and oxygen atoms in total. The van der Waals surface area contributed by atoms with Crippen LogP contribution in [0.4, 0.5) is 0 Å². The highest BCUT2D eigenvalue weighted by Gasteiger charge is 2.36. The van der Waals surface area contributed by atoms with Crippen molar-refractivity contribution in [1.29, 1.82) is 0 Å². The first-order valence-electron chi connectivity index (χ1n) is 6.93. The molecule has 0 rings (SSSR count). The normalized spacial score (nSPS) is 13.6. The van der Waals surface area contributed by atoms with Crippen LogP contribution in [-0.4, -0.2) is 49.3 Å². The second-order valence-corrected chi connectivity index (χ2v) is 7.58. The van der Waals surface area contributed by atoms with Gasteiger partial charge in [0.25, 0.3) is 0 Å². The van der Waals surface area contributed by atoms with Crippen LogP contribution < -0.4 is 0 Å². The Labute approximate surface area is 127 Å². The summed E-state index contributed by atoms with van der Waals surface area (Å²) in [6.45, 7) is 10.7. The number of rotatable bonds is 9. The van der Waals surface area contributed by atoms with Crippen LogP contribution in [0.3, 0.4) is 0 Å². The van der Waals surface area contributed by atoms with Crippen molar-refractivity contribution in [3.63, 3.8) is 0 Å². The molecular formula is C14H27NO5S. The Bertz CT molecular complexity index is 470. The first-order valence-corrected chi connectivity index (χ1v) is 8.78. The van der Waals surface area contributed by atoms with Crippen LogP contribution in [0.5, 0.6) is 0 Å². The number of allylic oxidation sites excluding steroid dienone is 1. The second-order valence-electron chi connectivity index (χ2n) is 5.67. The predicted octanol–water partition coefficient (Wildman–Crippen LogP) is 1.51. The first-order chi connectivity index (χ1) is 9.44. The molecule has 0 aliphatic heterocycles. The molecule has 0 bridgehead atoms. The van der Waals surface area contributed by atoms with Crippen LogP contribution in [0.2, 0.25) is 0 Å². The smallest absolute Gasteiger partial charge is 0.314 e. The third-order valence-electron chi connectivity index (χ3n) is 3.30. The summed E-state index contributed by atoms with van der Waals surface area (Å²) in [4.78, 5) is 11.8. The molecule has 0 saturated heterocycles. The van der Waals surface area contributed by atoms with Gasteiger partial charge in [-0.15, -0.1) is 0 Å². The maximum atomic E-state index is 11.8. The summed E-state index contributed by atoms with van der Waals surface area (Å²) in [6, 6.07) is 0. The third-order valence-corrected chi connectivity index (χ3v) is 4.59. The molecule has 0 saturated carbocycles. The second kappa shape index (κ2) is 7.79. The highest BCUT2D eigenvalue weighted by atomic mass is 32.2. The number of hydrogen-bond donors (Lipinski definition) is 1. The number of ether oxygens (including phenoxy) is 1. The van der Waals surface area contributed by atoms with E-state index >= 15 is 0 Å². The van der Waals surface area contributed by atoms with Crippen LogP contribution in [0, 0.1) is 5.41 Å². The molecule has 0 aromatic carbocycles. The molecule has 0 heterocycles. The molecule has 1 atom stereocenters. The highest BCUT2D eigenvalue weighted by Crippen LogP contribution is 2.26. The zero-order valence-corrected chi connectivity index (χ0v) is 14.4. The van der Waals surface area contributed by atoms with Crippen LogP contribution >= 0.6 is 0 Å². The Morgan fingerprint density at radius 3 is 2.33 bits per heavy atom. The van der Waals surface area contributed by atoms with E-state index in [1.165, 1.54) is 4.31 Å². The van der Waals surface area contributed by atoms with Crippen molar-refractivity contribution in [3.8, 4) is 0 Å². The lowest BCUT2D eigenvalue weighted by Crippen LogP contribution is -2.39. The van der Waals surface area contributed by atoms with E-state index in [2.05, 4.69) is 6.58 Å². The summed E-state index contributed by atoms with van der Waals surface area (Å²) in [6.07, 6.45) is 0.929. The number of esters is 1. The Hall–Kier alpha value is -1.08. The van der Waals surface area contributed by atoms with E-state index < -0.39 is 27.5 Å². The molecule has 0 fully saturated rings. The lowest BCUT2D eigenvalue weighted by atomic mass is 9.84. The van der Waals surface area contributed by atoms with Gasteiger partial charge in [-0.25, -0.2) is 8.42 Å². The summed E-state index contributed by atoms with van der Waals surface area (Å²) in [5.41, 5.74) is -0.591. The van der Waals surface area contributed by atoms with Gasteiger partial charge in [-0.05, 0) is 40.5 Å². The monoisotopic (exact) mass is 321 g/mol. The minimum atomic E-state index is -3.36. The Kier molecular flexibility index (Phi) is 7.39. The first kappa shape index (κ1) is 19.9. The lowest BCUT2D eigenvalue weighted by Gasteiger charge is -2.29. The van der Waals surface area contributed by atoms with E-state index in [9.17, 15) is 18.3 Å². The van der Waals surface area contributed by atoms with Crippen molar-refractivity contribution in [3.05, 3.63) is 12.3 Å². The number of nitrogens with zero attached hydrogens (tertiary/aromatic N) is 1. The molecule has 0 aliphatic carbocycles. The van der Waals surface area contributed by atoms with Gasteiger partial charge in [-0.2, -0.15) is 0 Å². The van der Waals surface area contributed by atoms with Crippen molar-refractivity contribution in [2.24, 2.45) is 5.41 Å². The molecule has 7 heteroatoms. The minimum Gasteiger partial charge on any atom is -0.466 e. The molecule has 0 aromatic rings. The van der Waals surface area contributed by atoms with E-state index in [-0.39, 0.29) is 13.2 Å². The van der Waals surface area contributed by atoms with Gasteiger partial charge in [-0.1, -0.05) is 6.58 Å². The average molecular weight is 321 g/mol. The van der Waals surface area contributed by atoms with Crippen molar-refractivity contribution in [2.75, 3.05) is 19.4 Å². The SMILES string of the molecule is C=C(C)N(CCCC(O)C(C)(C)C(=O)OCC)S(C)(=O)=O. The van der Waals surface area contributed by atoms with Gasteiger partial charge >= 0.3 is 5.97 Å². The zero-order valence-electron chi connectivity index (χ0n) is 13.5. The number of aliphatic hydroxyl groups excluding tert-OH is 1. The summed E-state index contributed by atoms with van der Waals surface area (Å²) in [5.74, 6) is -0.461. The largest absolute Gasteiger partial charge is 0.466 e. The lowest BCUT2D eigenvalue weighted by molar-refractivity contribution is -0.160. The van der Waals surface area contributed by atoms with Gasteiger partial charge in [0, 0.05) is 12.2 Å². The topological polar surface area (TPSA) is 83.9 Å². The van der Waals surface area contributed by atoms with Gasteiger partial charge in [0.05, 0.1) is 24.4 Å². The third kappa shape index (κ3) is 6.05. The Balaban J connectivity index is 4.59. The van der Waals surface area contributed by atoms with Gasteiger partial charge in [0.2, 0.25) is 10.0 Å². The molecule has 0 radical (unpaired) electrons. The van der Waals surface area contributed by atoms with Gasteiger partial charge < -0.3 is 9.84 Å². The van der Waals surface area contributed by atoms with Crippen LogP contribution in [0.25, 0.3) is 0 Å². The van der Waals surface area contributed by atoms with E-state index in [1.54, 1.807) is 27.7 Å². The van der Waals surface area contributed by atoms with E-state index in [1.807, 2.05) is 0 Å². The van der Waals surface area contributed by atoms with Crippen molar-refractivity contribution in [2.45, 2.75) is 46.6 Å². The summed E-state index contributed by atoms with van der Waals surface area (Å²) in [7, 11) is -3.36. The maximum Gasteiger partial charge on any atom is 0.314 e. The van der Waals surface area contributed by atoms with Crippen LogP contribution in [0.15, 0.2) is 12.3 Å². The molecule has 0 aromatic heterocycles. The number of hydrogen-bond acceptors (Lipinski definition) is 5. The molecule has 1 N–H and O–H groups in total. The zero-order chi connectivity index (χ0) is 16.8. The Morgan fingerprint density at radius 2 is 1.95 bits per heavy atom. The number of carbonyl (C=O) groups is 1. The molecule has 124 valence electrons. The summed E-state index contributed by atoms with van der Waals surface area (Å²) < 4.78 is 29.3. The molecular weight excluding hydrogens is 294 g/mol. The van der Waals surface area contributed by atoms with Gasteiger partial charge in [-0.3, -0.25) is 9.10 Å². The molecule has 0 amide bonds.